The first-order chi connectivity index (χ1) is 6.77. The molecule has 2 N–H and O–H groups in total. The number of hydrogen-bond donors (Lipinski definition) is 1. The van der Waals surface area contributed by atoms with Crippen LogP contribution in [0.3, 0.4) is 0 Å². The van der Waals surface area contributed by atoms with Gasteiger partial charge < -0.3 is 10.6 Å². The van der Waals surface area contributed by atoms with E-state index in [9.17, 15) is 0 Å². The van der Waals surface area contributed by atoms with Crippen molar-refractivity contribution in [2.45, 2.75) is 26.2 Å². The van der Waals surface area contributed by atoms with Gasteiger partial charge in [-0.05, 0) is 26.2 Å². The van der Waals surface area contributed by atoms with Crippen LogP contribution >= 0.6 is 0 Å². The fraction of sp³-hybridized carbons (Fsp3) is 0.600. The average molecular weight is 192 g/mol. The maximum Gasteiger partial charge on any atom is 0.225 e. The highest BCUT2D eigenvalue weighted by Gasteiger charge is 2.13. The number of nitrogen functional groups attached to an aromatic ring is 1. The predicted molar refractivity (Wildman–Crippen MR) is 57.2 cm³/mol. The van der Waals surface area contributed by atoms with Gasteiger partial charge in [0, 0.05) is 13.1 Å². The van der Waals surface area contributed by atoms with Crippen LogP contribution in [0.25, 0.3) is 0 Å². The van der Waals surface area contributed by atoms with Crippen LogP contribution in [0.15, 0.2) is 6.20 Å². The summed E-state index contributed by atoms with van der Waals surface area (Å²) < 4.78 is 0. The van der Waals surface area contributed by atoms with E-state index in [4.69, 9.17) is 5.73 Å². The molecule has 0 bridgehead atoms. The third-order valence-corrected chi connectivity index (χ3v) is 2.64. The van der Waals surface area contributed by atoms with E-state index in [1.807, 2.05) is 6.92 Å². The second kappa shape index (κ2) is 3.82. The van der Waals surface area contributed by atoms with E-state index >= 15 is 0 Å². The van der Waals surface area contributed by atoms with Crippen LogP contribution < -0.4 is 10.6 Å². The smallest absolute Gasteiger partial charge is 0.225 e. The predicted octanol–water partition coefficient (Wildman–Crippen LogP) is 1.36. The van der Waals surface area contributed by atoms with Crippen molar-refractivity contribution >= 4 is 11.6 Å². The Hall–Kier alpha value is -1.32. The molecule has 1 aliphatic heterocycles. The molecule has 4 heteroatoms. The molecule has 1 fully saturated rings. The molecule has 1 aromatic heterocycles. The van der Waals surface area contributed by atoms with Gasteiger partial charge in [-0.1, -0.05) is 0 Å². The number of nitrogens with zero attached hydrogens (tertiary/aromatic N) is 3. The van der Waals surface area contributed by atoms with Crippen molar-refractivity contribution < 1.29 is 0 Å². The van der Waals surface area contributed by atoms with E-state index in [1.165, 1.54) is 19.3 Å². The summed E-state index contributed by atoms with van der Waals surface area (Å²) in [6.45, 7) is 4.07. The highest BCUT2D eigenvalue weighted by molar-refractivity contribution is 5.44. The maximum atomic E-state index is 5.67. The van der Waals surface area contributed by atoms with Crippen LogP contribution in [-0.4, -0.2) is 23.1 Å². The number of aromatic nitrogens is 2. The minimum atomic E-state index is 0.672. The molecule has 4 nitrogen and oxygen atoms in total. The second-order valence-corrected chi connectivity index (χ2v) is 3.76. The van der Waals surface area contributed by atoms with Gasteiger partial charge in [-0.15, -0.1) is 0 Å². The molecule has 1 aromatic rings. The van der Waals surface area contributed by atoms with Crippen LogP contribution in [0.5, 0.6) is 0 Å². The van der Waals surface area contributed by atoms with Gasteiger partial charge in [0.2, 0.25) is 5.95 Å². The van der Waals surface area contributed by atoms with Crippen molar-refractivity contribution in [1.29, 1.82) is 0 Å². The van der Waals surface area contributed by atoms with Crippen LogP contribution in [0.1, 0.15) is 25.0 Å². The molecule has 0 aromatic carbocycles. The Morgan fingerprint density at radius 1 is 1.29 bits per heavy atom. The lowest BCUT2D eigenvalue weighted by atomic mass is 10.1. The van der Waals surface area contributed by atoms with E-state index in [0.29, 0.717) is 5.69 Å². The molecule has 0 unspecified atom stereocenters. The van der Waals surface area contributed by atoms with Crippen molar-refractivity contribution in [3.05, 3.63) is 11.9 Å². The van der Waals surface area contributed by atoms with Gasteiger partial charge in [-0.25, -0.2) is 9.97 Å². The summed E-state index contributed by atoms with van der Waals surface area (Å²) in [5, 5.41) is 0. The highest BCUT2D eigenvalue weighted by Crippen LogP contribution is 2.17. The first kappa shape index (κ1) is 9.24. The summed E-state index contributed by atoms with van der Waals surface area (Å²) in [5.41, 5.74) is 7.22. The normalized spacial score (nSPS) is 17.1. The minimum Gasteiger partial charge on any atom is -0.396 e. The van der Waals surface area contributed by atoms with Crippen molar-refractivity contribution in [1.82, 2.24) is 9.97 Å². The highest BCUT2D eigenvalue weighted by atomic mass is 15.2. The Labute approximate surface area is 84.2 Å². The molecule has 0 aliphatic carbocycles. The number of anilines is 2. The van der Waals surface area contributed by atoms with Gasteiger partial charge in [-0.2, -0.15) is 0 Å². The maximum absolute atomic E-state index is 5.67. The molecule has 76 valence electrons. The van der Waals surface area contributed by atoms with Crippen LogP contribution in [0, 0.1) is 6.92 Å². The fourth-order valence-electron chi connectivity index (χ4n) is 1.71. The standard InChI is InChI=1S/C10H16N4/c1-8-9(11)7-12-10(13-8)14-5-3-2-4-6-14/h7H,2-6,11H2,1H3. The molecule has 0 spiro atoms. The number of piperidine rings is 1. The molecule has 2 heterocycles. The number of hydrogen-bond acceptors (Lipinski definition) is 4. The van der Waals surface area contributed by atoms with Gasteiger partial charge in [0.05, 0.1) is 17.6 Å². The summed E-state index contributed by atoms with van der Waals surface area (Å²) in [4.78, 5) is 10.9. The summed E-state index contributed by atoms with van der Waals surface area (Å²) in [5.74, 6) is 0.830. The molecule has 2 rings (SSSR count). The van der Waals surface area contributed by atoms with Crippen LogP contribution in [0.2, 0.25) is 0 Å². The van der Waals surface area contributed by atoms with Gasteiger partial charge in [0.25, 0.3) is 0 Å². The summed E-state index contributed by atoms with van der Waals surface area (Å²) in [6.07, 6.45) is 5.51. The van der Waals surface area contributed by atoms with E-state index in [-0.39, 0.29) is 0 Å². The molecular weight excluding hydrogens is 176 g/mol. The topological polar surface area (TPSA) is 55.0 Å². The lowest BCUT2D eigenvalue weighted by Crippen LogP contribution is -2.31. The van der Waals surface area contributed by atoms with E-state index in [1.54, 1.807) is 6.20 Å². The third kappa shape index (κ3) is 1.78. The van der Waals surface area contributed by atoms with Crippen LogP contribution in [0.4, 0.5) is 11.6 Å². The van der Waals surface area contributed by atoms with Gasteiger partial charge >= 0.3 is 0 Å². The molecule has 1 aliphatic rings. The lowest BCUT2D eigenvalue weighted by Gasteiger charge is -2.26. The van der Waals surface area contributed by atoms with Crippen molar-refractivity contribution in [3.63, 3.8) is 0 Å². The van der Waals surface area contributed by atoms with Crippen molar-refractivity contribution in [2.24, 2.45) is 0 Å². The molecule has 1 saturated heterocycles. The summed E-state index contributed by atoms with van der Waals surface area (Å²) in [6, 6.07) is 0. The lowest BCUT2D eigenvalue weighted by molar-refractivity contribution is 0.568. The van der Waals surface area contributed by atoms with Crippen molar-refractivity contribution in [3.8, 4) is 0 Å². The largest absolute Gasteiger partial charge is 0.396 e. The third-order valence-electron chi connectivity index (χ3n) is 2.64. The quantitative estimate of drug-likeness (QED) is 0.730. The van der Waals surface area contributed by atoms with Crippen molar-refractivity contribution in [2.75, 3.05) is 23.7 Å². The Bertz CT molecular complexity index is 318. The number of rotatable bonds is 1. The molecule has 0 radical (unpaired) electrons. The van der Waals surface area contributed by atoms with Gasteiger partial charge in [0.15, 0.2) is 0 Å². The zero-order chi connectivity index (χ0) is 9.97. The average Bonchev–Trinajstić information content (AvgIpc) is 2.23. The minimum absolute atomic E-state index is 0.672. The van der Waals surface area contributed by atoms with Gasteiger partial charge in [0.1, 0.15) is 0 Å². The molecule has 14 heavy (non-hydrogen) atoms. The Morgan fingerprint density at radius 3 is 2.64 bits per heavy atom. The SMILES string of the molecule is Cc1nc(N2CCCCC2)ncc1N. The molecule has 0 saturated carbocycles. The molecule has 0 amide bonds. The fourth-order valence-corrected chi connectivity index (χ4v) is 1.71. The Balaban J connectivity index is 2.18. The zero-order valence-electron chi connectivity index (χ0n) is 8.53. The summed E-state index contributed by atoms with van der Waals surface area (Å²) in [7, 11) is 0. The monoisotopic (exact) mass is 192 g/mol. The first-order valence-electron chi connectivity index (χ1n) is 5.11. The van der Waals surface area contributed by atoms with E-state index < -0.39 is 0 Å². The number of aryl methyl sites for hydroxylation is 1. The number of nitrogens with two attached hydrogens (primary N) is 1. The molecular formula is C10H16N4. The first-order valence-corrected chi connectivity index (χ1v) is 5.11. The molecule has 0 atom stereocenters. The zero-order valence-corrected chi connectivity index (χ0v) is 8.53. The van der Waals surface area contributed by atoms with E-state index in [0.717, 1.165) is 24.7 Å². The van der Waals surface area contributed by atoms with Gasteiger partial charge in [-0.3, -0.25) is 0 Å². The van der Waals surface area contributed by atoms with Crippen LogP contribution in [-0.2, 0) is 0 Å². The Morgan fingerprint density at radius 2 is 2.00 bits per heavy atom. The van der Waals surface area contributed by atoms with E-state index in [2.05, 4.69) is 14.9 Å². The Kier molecular flexibility index (Phi) is 2.52. The summed E-state index contributed by atoms with van der Waals surface area (Å²) >= 11 is 0. The second-order valence-electron chi connectivity index (χ2n) is 3.76.